The first-order chi connectivity index (χ1) is 8.65. The minimum Gasteiger partial charge on any atom is -0.393 e. The molecule has 1 atom stereocenters. The number of nitrogens with one attached hydrogen (secondary N) is 1. The molecule has 1 rings (SSSR count). The first-order valence-electron chi connectivity index (χ1n) is 5.08. The van der Waals surface area contributed by atoms with Gasteiger partial charge in [0.25, 0.3) is 0 Å². The molecule has 0 radical (unpaired) electrons. The predicted molar refractivity (Wildman–Crippen MR) is 85.3 cm³/mol. The van der Waals surface area contributed by atoms with Crippen LogP contribution in [-0.4, -0.2) is 20.0 Å². The van der Waals surface area contributed by atoms with Crippen LogP contribution in [0, 0.1) is 5.92 Å². The number of thiocarbonyl (C=S) groups is 1. The number of halogens is 3. The Labute approximate surface area is 135 Å². The van der Waals surface area contributed by atoms with Crippen LogP contribution in [0.2, 0.25) is 10.0 Å². The molecule has 1 unspecified atom stereocenters. The summed E-state index contributed by atoms with van der Waals surface area (Å²) in [6.45, 7) is 1.80. The molecule has 0 aliphatic rings. The molecule has 3 N–H and O–H groups in total. The summed E-state index contributed by atoms with van der Waals surface area (Å²) < 4.78 is 27.2. The fourth-order valence-electron chi connectivity index (χ4n) is 1.19. The molecule has 106 valence electrons. The predicted octanol–water partition coefficient (Wildman–Crippen LogP) is 2.96. The Morgan fingerprint density at radius 3 is 2.37 bits per heavy atom. The highest BCUT2D eigenvalue weighted by Crippen LogP contribution is 2.32. The lowest BCUT2D eigenvalue weighted by Gasteiger charge is -2.13. The van der Waals surface area contributed by atoms with E-state index >= 15 is 0 Å². The molecule has 0 saturated heterocycles. The highest BCUT2D eigenvalue weighted by atomic mass is 79.9. The Hall–Kier alpha value is 0.0800. The third-order valence-corrected chi connectivity index (χ3v) is 5.50. The van der Waals surface area contributed by atoms with E-state index in [2.05, 4.69) is 20.7 Å². The topological polar surface area (TPSA) is 72.2 Å². The lowest BCUT2D eigenvalue weighted by atomic mass is 10.2. The van der Waals surface area contributed by atoms with Gasteiger partial charge in [0.15, 0.2) is 0 Å². The molecule has 0 aliphatic carbocycles. The van der Waals surface area contributed by atoms with Gasteiger partial charge < -0.3 is 5.73 Å². The average Bonchev–Trinajstić information content (AvgIpc) is 2.23. The van der Waals surface area contributed by atoms with E-state index in [1.807, 2.05) is 0 Å². The molecule has 1 aromatic carbocycles. The second kappa shape index (κ2) is 6.69. The number of sulfonamides is 1. The van der Waals surface area contributed by atoms with Crippen molar-refractivity contribution in [1.82, 2.24) is 4.72 Å². The molecule has 0 aromatic heterocycles. The van der Waals surface area contributed by atoms with Crippen LogP contribution in [0.1, 0.15) is 6.92 Å². The maximum absolute atomic E-state index is 12.1. The zero-order valence-electron chi connectivity index (χ0n) is 9.78. The quantitative estimate of drug-likeness (QED) is 0.738. The maximum atomic E-state index is 12.1. The highest BCUT2D eigenvalue weighted by molar-refractivity contribution is 9.10. The summed E-state index contributed by atoms with van der Waals surface area (Å²) in [6.07, 6.45) is 0. The van der Waals surface area contributed by atoms with Crippen molar-refractivity contribution in [3.8, 4) is 0 Å². The summed E-state index contributed by atoms with van der Waals surface area (Å²) >= 11 is 19.8. The van der Waals surface area contributed by atoms with E-state index in [1.54, 1.807) is 6.92 Å². The van der Waals surface area contributed by atoms with Crippen LogP contribution >= 0.6 is 51.3 Å². The first-order valence-corrected chi connectivity index (χ1v) is 8.52. The van der Waals surface area contributed by atoms with Crippen LogP contribution in [-0.2, 0) is 10.0 Å². The van der Waals surface area contributed by atoms with Crippen LogP contribution in [0.4, 0.5) is 0 Å². The summed E-state index contributed by atoms with van der Waals surface area (Å²) in [4.78, 5) is 0.0740. The van der Waals surface area contributed by atoms with Crippen LogP contribution < -0.4 is 10.5 Å². The standard InChI is InChI=1S/C10H11BrCl2N2O2S2/c1-5(10(14)18)4-15-19(16,17)9-7(12)2-6(11)3-8(9)13/h2-3,5,15H,4H2,1H3,(H2,14,18). The van der Waals surface area contributed by atoms with Crippen molar-refractivity contribution in [2.75, 3.05) is 6.54 Å². The molecule has 0 saturated carbocycles. The van der Waals surface area contributed by atoms with Gasteiger partial charge >= 0.3 is 0 Å². The number of hydrogen-bond acceptors (Lipinski definition) is 3. The van der Waals surface area contributed by atoms with Gasteiger partial charge in [-0.1, -0.05) is 58.3 Å². The molecule has 19 heavy (non-hydrogen) atoms. The molecule has 4 nitrogen and oxygen atoms in total. The van der Waals surface area contributed by atoms with Crippen LogP contribution in [0.15, 0.2) is 21.5 Å². The van der Waals surface area contributed by atoms with E-state index in [-0.39, 0.29) is 32.4 Å². The van der Waals surface area contributed by atoms with Gasteiger partial charge in [0, 0.05) is 16.9 Å². The smallest absolute Gasteiger partial charge is 0.243 e. The molecular formula is C10H11BrCl2N2O2S2. The Bertz CT molecular complexity index is 585. The van der Waals surface area contributed by atoms with Crippen molar-refractivity contribution in [2.24, 2.45) is 11.7 Å². The molecule has 0 fully saturated rings. The lowest BCUT2D eigenvalue weighted by molar-refractivity contribution is 0.575. The minimum atomic E-state index is -3.82. The van der Waals surface area contributed by atoms with Crippen molar-refractivity contribution in [3.63, 3.8) is 0 Å². The molecule has 0 bridgehead atoms. The van der Waals surface area contributed by atoms with Gasteiger partial charge in [-0.15, -0.1) is 0 Å². The molecule has 0 aliphatic heterocycles. The fraction of sp³-hybridized carbons (Fsp3) is 0.300. The summed E-state index contributed by atoms with van der Waals surface area (Å²) in [5, 5.41) is 0.0738. The Balaban J connectivity index is 3.05. The minimum absolute atomic E-state index is 0.0369. The van der Waals surface area contributed by atoms with Crippen LogP contribution in [0.5, 0.6) is 0 Å². The molecule has 0 heterocycles. The number of rotatable bonds is 5. The zero-order chi connectivity index (χ0) is 14.8. The third kappa shape index (κ3) is 4.54. The summed E-state index contributed by atoms with van der Waals surface area (Å²) in [6, 6.07) is 2.91. The van der Waals surface area contributed by atoms with Gasteiger partial charge in [0.1, 0.15) is 4.90 Å². The van der Waals surface area contributed by atoms with Crippen molar-refractivity contribution >= 4 is 66.4 Å². The average molecular weight is 406 g/mol. The number of hydrogen-bond donors (Lipinski definition) is 2. The highest BCUT2D eigenvalue weighted by Gasteiger charge is 2.23. The van der Waals surface area contributed by atoms with Crippen LogP contribution in [0.25, 0.3) is 0 Å². The van der Waals surface area contributed by atoms with Gasteiger partial charge in [-0.2, -0.15) is 0 Å². The molecule has 0 spiro atoms. The van der Waals surface area contributed by atoms with Crippen molar-refractivity contribution in [2.45, 2.75) is 11.8 Å². The van der Waals surface area contributed by atoms with E-state index in [0.29, 0.717) is 4.47 Å². The van der Waals surface area contributed by atoms with E-state index in [9.17, 15) is 8.42 Å². The van der Waals surface area contributed by atoms with E-state index in [1.165, 1.54) is 12.1 Å². The Morgan fingerprint density at radius 1 is 1.47 bits per heavy atom. The SMILES string of the molecule is CC(CNS(=O)(=O)c1c(Cl)cc(Br)cc1Cl)C(N)=S. The van der Waals surface area contributed by atoms with E-state index < -0.39 is 10.0 Å². The molecular weight excluding hydrogens is 395 g/mol. The number of nitrogens with two attached hydrogens (primary N) is 1. The van der Waals surface area contributed by atoms with Crippen molar-refractivity contribution in [3.05, 3.63) is 26.7 Å². The Morgan fingerprint density at radius 2 is 1.95 bits per heavy atom. The maximum Gasteiger partial charge on any atom is 0.243 e. The van der Waals surface area contributed by atoms with Gasteiger partial charge in [-0.05, 0) is 12.1 Å². The van der Waals surface area contributed by atoms with Gasteiger partial charge in [-0.25, -0.2) is 13.1 Å². The summed E-state index contributed by atoms with van der Waals surface area (Å²) in [7, 11) is -3.82. The second-order valence-corrected chi connectivity index (χ2v) is 7.76. The largest absolute Gasteiger partial charge is 0.393 e. The van der Waals surface area contributed by atoms with Crippen LogP contribution in [0.3, 0.4) is 0 Å². The summed E-state index contributed by atoms with van der Waals surface area (Å²) in [5.74, 6) is -0.266. The second-order valence-electron chi connectivity index (χ2n) is 3.85. The normalized spacial score (nSPS) is 13.3. The zero-order valence-corrected chi connectivity index (χ0v) is 14.5. The number of benzene rings is 1. The van der Waals surface area contributed by atoms with Gasteiger partial charge in [-0.3, -0.25) is 0 Å². The molecule has 0 amide bonds. The van der Waals surface area contributed by atoms with Gasteiger partial charge in [0.05, 0.1) is 15.0 Å². The third-order valence-electron chi connectivity index (χ3n) is 2.30. The van der Waals surface area contributed by atoms with E-state index in [0.717, 1.165) is 0 Å². The van der Waals surface area contributed by atoms with Crippen molar-refractivity contribution < 1.29 is 8.42 Å². The lowest BCUT2D eigenvalue weighted by Crippen LogP contribution is -2.33. The van der Waals surface area contributed by atoms with Gasteiger partial charge in [0.2, 0.25) is 10.0 Å². The summed E-state index contributed by atoms with van der Waals surface area (Å²) in [5.41, 5.74) is 5.42. The first kappa shape index (κ1) is 17.1. The Kier molecular flexibility index (Phi) is 6.03. The monoisotopic (exact) mass is 404 g/mol. The van der Waals surface area contributed by atoms with E-state index in [4.69, 9.17) is 41.2 Å². The molecule has 9 heteroatoms. The van der Waals surface area contributed by atoms with Crippen molar-refractivity contribution in [1.29, 1.82) is 0 Å². The molecule has 1 aromatic rings. The fourth-order valence-corrected chi connectivity index (χ4v) is 4.34.